The molecule has 1 fully saturated rings. The molecule has 0 aliphatic carbocycles. The van der Waals surface area contributed by atoms with Gasteiger partial charge in [-0.05, 0) is 50.4 Å². The summed E-state index contributed by atoms with van der Waals surface area (Å²) in [5.41, 5.74) is 1.56. The fourth-order valence-corrected chi connectivity index (χ4v) is 3.98. The van der Waals surface area contributed by atoms with E-state index in [0.717, 1.165) is 48.7 Å². The van der Waals surface area contributed by atoms with E-state index in [-0.39, 0.29) is 17.8 Å². The van der Waals surface area contributed by atoms with Crippen molar-refractivity contribution in [1.82, 2.24) is 9.80 Å². The second kappa shape index (κ2) is 10.0. The third kappa shape index (κ3) is 5.56. The van der Waals surface area contributed by atoms with Crippen molar-refractivity contribution in [3.63, 3.8) is 0 Å². The van der Waals surface area contributed by atoms with Crippen LogP contribution in [-0.4, -0.2) is 54.2 Å². The Bertz CT molecular complexity index is 801. The van der Waals surface area contributed by atoms with Gasteiger partial charge in [-0.2, -0.15) is 0 Å². The molecule has 6 heteroatoms. The molecule has 4 nitrogen and oxygen atoms in total. The number of nitrogens with zero attached hydrogens (tertiary/aromatic N) is 2. The Labute approximate surface area is 171 Å². The quantitative estimate of drug-likeness (QED) is 0.740. The summed E-state index contributed by atoms with van der Waals surface area (Å²) in [4.78, 5) is 18.3. The van der Waals surface area contributed by atoms with Crippen LogP contribution in [0.25, 0.3) is 0 Å². The van der Waals surface area contributed by atoms with Crippen molar-refractivity contribution in [2.45, 2.75) is 30.8 Å². The number of rotatable bonds is 6. The predicted molar refractivity (Wildman–Crippen MR) is 114 cm³/mol. The average Bonchev–Trinajstić information content (AvgIpc) is 2.95. The molecule has 1 heterocycles. The minimum atomic E-state index is -0.202. The van der Waals surface area contributed by atoms with Gasteiger partial charge in [-0.25, -0.2) is 4.39 Å². The van der Waals surface area contributed by atoms with Gasteiger partial charge in [-0.3, -0.25) is 14.6 Å². The van der Waals surface area contributed by atoms with E-state index in [0.29, 0.717) is 6.54 Å². The van der Waals surface area contributed by atoms with Crippen LogP contribution in [0.4, 0.5) is 10.1 Å². The molecule has 0 aromatic heterocycles. The van der Waals surface area contributed by atoms with Crippen LogP contribution < -0.4 is 5.32 Å². The summed E-state index contributed by atoms with van der Waals surface area (Å²) in [5.74, 6) is -0.135. The minimum Gasteiger partial charge on any atom is -0.325 e. The molecular formula is C22H28FN3OS. The first-order valence-electron chi connectivity index (χ1n) is 9.71. The Morgan fingerprint density at radius 2 is 1.96 bits per heavy atom. The maximum atomic E-state index is 13.9. The van der Waals surface area contributed by atoms with Gasteiger partial charge < -0.3 is 5.32 Å². The highest BCUT2D eigenvalue weighted by molar-refractivity contribution is 7.98. The van der Waals surface area contributed by atoms with Crippen LogP contribution in [-0.2, 0) is 11.3 Å². The first-order chi connectivity index (χ1) is 13.6. The second-order valence-electron chi connectivity index (χ2n) is 7.15. The molecule has 3 rings (SSSR count). The van der Waals surface area contributed by atoms with Gasteiger partial charge in [0.2, 0.25) is 5.91 Å². The molecule has 1 aliphatic heterocycles. The van der Waals surface area contributed by atoms with Crippen molar-refractivity contribution < 1.29 is 9.18 Å². The molecule has 150 valence electrons. The van der Waals surface area contributed by atoms with Crippen LogP contribution in [0.2, 0.25) is 0 Å². The smallest absolute Gasteiger partial charge is 0.241 e. The number of halogens is 1. The second-order valence-corrected chi connectivity index (χ2v) is 8.03. The van der Waals surface area contributed by atoms with Crippen LogP contribution in [0.15, 0.2) is 53.4 Å². The third-order valence-corrected chi connectivity index (χ3v) is 5.96. The zero-order valence-electron chi connectivity index (χ0n) is 16.5. The highest BCUT2D eigenvalue weighted by Gasteiger charge is 2.24. The lowest BCUT2D eigenvalue weighted by Crippen LogP contribution is -2.43. The normalized spacial score (nSPS) is 17.1. The molecule has 1 amide bonds. The van der Waals surface area contributed by atoms with Crippen molar-refractivity contribution in [1.29, 1.82) is 0 Å². The van der Waals surface area contributed by atoms with Crippen LogP contribution in [0.3, 0.4) is 0 Å². The van der Waals surface area contributed by atoms with Gasteiger partial charge in [0.05, 0.1) is 6.04 Å². The van der Waals surface area contributed by atoms with E-state index >= 15 is 0 Å². The van der Waals surface area contributed by atoms with Gasteiger partial charge in [-0.15, -0.1) is 11.8 Å². The zero-order valence-corrected chi connectivity index (χ0v) is 17.3. The fourth-order valence-electron chi connectivity index (χ4n) is 3.52. The molecule has 0 saturated carbocycles. The maximum Gasteiger partial charge on any atom is 0.241 e. The molecule has 28 heavy (non-hydrogen) atoms. The van der Waals surface area contributed by atoms with E-state index in [1.165, 1.54) is 6.07 Å². The number of carbonyl (C=O) groups excluding carboxylic acids is 1. The van der Waals surface area contributed by atoms with Crippen molar-refractivity contribution >= 4 is 23.4 Å². The Hall–Kier alpha value is -1.89. The summed E-state index contributed by atoms with van der Waals surface area (Å²) in [6.45, 7) is 5.98. The van der Waals surface area contributed by atoms with E-state index in [1.807, 2.05) is 49.6 Å². The highest BCUT2D eigenvalue weighted by atomic mass is 32.2. The monoisotopic (exact) mass is 401 g/mol. The van der Waals surface area contributed by atoms with E-state index < -0.39 is 0 Å². The standard InChI is InChI=1S/C22H28FN3OS/c1-17(22(27)24-19-8-5-9-20(15-19)28-2)26-12-6-11-25(13-14-26)16-18-7-3-4-10-21(18)23/h3-5,7-10,15,17H,6,11-14,16H2,1-2H3,(H,24,27). The third-order valence-electron chi connectivity index (χ3n) is 5.24. The number of benzene rings is 2. The van der Waals surface area contributed by atoms with Gasteiger partial charge in [-0.1, -0.05) is 24.3 Å². The molecular weight excluding hydrogens is 373 g/mol. The van der Waals surface area contributed by atoms with Crippen LogP contribution in [0.1, 0.15) is 18.9 Å². The number of nitrogens with one attached hydrogen (secondary N) is 1. The molecule has 2 aromatic rings. The minimum absolute atomic E-state index is 0.0146. The molecule has 0 bridgehead atoms. The fraction of sp³-hybridized carbons (Fsp3) is 0.409. The molecule has 1 N–H and O–H groups in total. The Balaban J connectivity index is 1.55. The van der Waals surface area contributed by atoms with Crippen molar-refractivity contribution in [2.75, 3.05) is 37.8 Å². The maximum absolute atomic E-state index is 13.9. The molecule has 0 spiro atoms. The van der Waals surface area contributed by atoms with Crippen molar-refractivity contribution in [3.8, 4) is 0 Å². The summed E-state index contributed by atoms with van der Waals surface area (Å²) in [6.07, 6.45) is 2.99. The Morgan fingerprint density at radius 1 is 1.14 bits per heavy atom. The number of carbonyl (C=O) groups is 1. The van der Waals surface area contributed by atoms with E-state index in [9.17, 15) is 9.18 Å². The number of thioether (sulfide) groups is 1. The van der Waals surface area contributed by atoms with E-state index in [4.69, 9.17) is 0 Å². The van der Waals surface area contributed by atoms with Crippen LogP contribution in [0.5, 0.6) is 0 Å². The van der Waals surface area contributed by atoms with Crippen molar-refractivity contribution in [3.05, 3.63) is 59.9 Å². The zero-order chi connectivity index (χ0) is 19.9. The molecule has 1 aliphatic rings. The molecule has 1 saturated heterocycles. The average molecular weight is 402 g/mol. The van der Waals surface area contributed by atoms with Gasteiger partial charge in [0.25, 0.3) is 0 Å². The molecule has 2 aromatic carbocycles. The topological polar surface area (TPSA) is 35.6 Å². The molecule has 0 radical (unpaired) electrons. The summed E-state index contributed by atoms with van der Waals surface area (Å²) < 4.78 is 13.9. The summed E-state index contributed by atoms with van der Waals surface area (Å²) in [6, 6.07) is 14.7. The summed E-state index contributed by atoms with van der Waals surface area (Å²) >= 11 is 1.66. The number of anilines is 1. The lowest BCUT2D eigenvalue weighted by molar-refractivity contribution is -0.120. The molecule has 1 unspecified atom stereocenters. The van der Waals surface area contributed by atoms with Crippen LogP contribution >= 0.6 is 11.8 Å². The summed E-state index contributed by atoms with van der Waals surface area (Å²) in [5, 5.41) is 3.04. The van der Waals surface area contributed by atoms with Gasteiger partial charge in [0.1, 0.15) is 5.82 Å². The number of hydrogen-bond donors (Lipinski definition) is 1. The Morgan fingerprint density at radius 3 is 2.75 bits per heavy atom. The first kappa shape index (κ1) is 20.8. The van der Waals surface area contributed by atoms with Crippen LogP contribution in [0, 0.1) is 5.82 Å². The van der Waals surface area contributed by atoms with Gasteiger partial charge >= 0.3 is 0 Å². The van der Waals surface area contributed by atoms with Crippen molar-refractivity contribution in [2.24, 2.45) is 0 Å². The summed E-state index contributed by atoms with van der Waals surface area (Å²) in [7, 11) is 0. The van der Waals surface area contributed by atoms with Gasteiger partial charge in [0.15, 0.2) is 0 Å². The van der Waals surface area contributed by atoms with E-state index in [1.54, 1.807) is 17.8 Å². The molecule has 1 atom stereocenters. The first-order valence-corrected chi connectivity index (χ1v) is 10.9. The SMILES string of the molecule is CSc1cccc(NC(=O)C(C)N2CCCN(Cc3ccccc3F)CC2)c1. The van der Waals surface area contributed by atoms with E-state index in [2.05, 4.69) is 15.1 Å². The highest BCUT2D eigenvalue weighted by Crippen LogP contribution is 2.20. The van der Waals surface area contributed by atoms with Gasteiger partial charge in [0, 0.05) is 42.3 Å². The lowest BCUT2D eigenvalue weighted by Gasteiger charge is -2.27. The lowest BCUT2D eigenvalue weighted by atomic mass is 10.2. The number of amides is 1. The predicted octanol–water partition coefficient (Wildman–Crippen LogP) is 4.08. The Kier molecular flexibility index (Phi) is 7.48. The number of hydrogen-bond acceptors (Lipinski definition) is 4. The largest absolute Gasteiger partial charge is 0.325 e.